The fourth-order valence-electron chi connectivity index (χ4n) is 1.45. The number of anilines is 1. The van der Waals surface area contributed by atoms with Gasteiger partial charge >= 0.3 is 0 Å². The third-order valence-corrected chi connectivity index (χ3v) is 2.68. The van der Waals surface area contributed by atoms with Crippen molar-refractivity contribution in [1.82, 2.24) is 15.2 Å². The molecule has 0 saturated heterocycles. The summed E-state index contributed by atoms with van der Waals surface area (Å²) >= 11 is 3.45. The van der Waals surface area contributed by atoms with Crippen LogP contribution in [0.1, 0.15) is 12.5 Å². The first kappa shape index (κ1) is 11.9. The summed E-state index contributed by atoms with van der Waals surface area (Å²) in [6.45, 7) is 3.25. The van der Waals surface area contributed by atoms with E-state index in [0.29, 0.717) is 19.1 Å². The molecule has 0 aliphatic heterocycles. The molecule has 2 aromatic rings. The van der Waals surface area contributed by atoms with Crippen molar-refractivity contribution in [2.45, 2.75) is 13.5 Å². The minimum Gasteiger partial charge on any atom is -0.494 e. The number of halogens is 1. The molecule has 0 radical (unpaired) electrons. The largest absolute Gasteiger partial charge is 0.494 e. The number of H-pyrrole nitrogens is 1. The summed E-state index contributed by atoms with van der Waals surface area (Å²) in [6, 6.07) is 5.93. The van der Waals surface area contributed by atoms with Crippen molar-refractivity contribution in [2.24, 2.45) is 0 Å². The molecule has 6 heteroatoms. The molecule has 2 rings (SSSR count). The first-order valence-corrected chi connectivity index (χ1v) is 6.09. The highest BCUT2D eigenvalue weighted by Gasteiger charge is 2.05. The molecule has 5 nitrogen and oxygen atoms in total. The van der Waals surface area contributed by atoms with Gasteiger partial charge in [-0.25, -0.2) is 10.1 Å². The summed E-state index contributed by atoms with van der Waals surface area (Å²) in [7, 11) is 0. The van der Waals surface area contributed by atoms with Gasteiger partial charge in [-0.2, -0.15) is 5.10 Å². The average molecular weight is 297 g/mol. The quantitative estimate of drug-likeness (QED) is 0.890. The van der Waals surface area contributed by atoms with Crippen molar-refractivity contribution in [1.29, 1.82) is 0 Å². The van der Waals surface area contributed by atoms with Gasteiger partial charge in [-0.1, -0.05) is 15.9 Å². The number of hydrogen-bond donors (Lipinski definition) is 2. The Morgan fingerprint density at radius 3 is 3.06 bits per heavy atom. The van der Waals surface area contributed by atoms with Crippen LogP contribution in [0, 0.1) is 0 Å². The summed E-state index contributed by atoms with van der Waals surface area (Å²) < 4.78 is 6.58. The summed E-state index contributed by atoms with van der Waals surface area (Å²) in [5, 5.41) is 9.66. The maximum absolute atomic E-state index is 5.55. The highest BCUT2D eigenvalue weighted by molar-refractivity contribution is 9.10. The fourth-order valence-corrected chi connectivity index (χ4v) is 1.86. The van der Waals surface area contributed by atoms with E-state index in [0.717, 1.165) is 15.8 Å². The summed E-state index contributed by atoms with van der Waals surface area (Å²) in [5.74, 6) is 1.52. The summed E-state index contributed by atoms with van der Waals surface area (Å²) in [4.78, 5) is 4.00. The van der Waals surface area contributed by atoms with Gasteiger partial charge in [0.1, 0.15) is 12.1 Å². The molecule has 0 atom stereocenters. The van der Waals surface area contributed by atoms with Gasteiger partial charge in [-0.05, 0) is 25.1 Å². The first-order valence-electron chi connectivity index (χ1n) is 5.30. The fraction of sp³-hybridized carbons (Fsp3) is 0.273. The second-order valence-corrected chi connectivity index (χ2v) is 4.29. The highest BCUT2D eigenvalue weighted by Crippen LogP contribution is 2.23. The maximum Gasteiger partial charge on any atom is 0.218 e. The molecule has 0 unspecified atom stereocenters. The van der Waals surface area contributed by atoms with Crippen molar-refractivity contribution in [3.05, 3.63) is 34.6 Å². The smallest absolute Gasteiger partial charge is 0.218 e. The minimum atomic E-state index is 0.629. The molecule has 90 valence electrons. The molecule has 1 heterocycles. The van der Waals surface area contributed by atoms with E-state index < -0.39 is 0 Å². The Kier molecular flexibility index (Phi) is 3.98. The molecule has 0 bridgehead atoms. The number of ether oxygens (including phenoxy) is 1. The van der Waals surface area contributed by atoms with Crippen molar-refractivity contribution in [2.75, 3.05) is 11.9 Å². The van der Waals surface area contributed by atoms with Crippen molar-refractivity contribution in [3.8, 4) is 5.75 Å². The molecule has 0 aliphatic rings. The van der Waals surface area contributed by atoms with Gasteiger partial charge in [-0.3, -0.25) is 0 Å². The van der Waals surface area contributed by atoms with Gasteiger partial charge in [0.15, 0.2) is 0 Å². The van der Waals surface area contributed by atoms with E-state index in [9.17, 15) is 0 Å². The lowest BCUT2D eigenvalue weighted by atomic mass is 10.2. The molecule has 0 amide bonds. The van der Waals surface area contributed by atoms with Gasteiger partial charge < -0.3 is 10.1 Å². The lowest BCUT2D eigenvalue weighted by Crippen LogP contribution is -2.04. The second kappa shape index (κ2) is 5.67. The van der Waals surface area contributed by atoms with Crippen molar-refractivity contribution < 1.29 is 4.74 Å². The molecule has 0 aliphatic carbocycles. The number of nitrogens with zero attached hydrogens (tertiary/aromatic N) is 2. The predicted octanol–water partition coefficient (Wildman–Crippen LogP) is 2.58. The van der Waals surface area contributed by atoms with Crippen LogP contribution in [-0.2, 0) is 6.54 Å². The average Bonchev–Trinajstić information content (AvgIpc) is 2.82. The minimum absolute atomic E-state index is 0.629. The van der Waals surface area contributed by atoms with Crippen LogP contribution in [0.15, 0.2) is 29.0 Å². The zero-order chi connectivity index (χ0) is 12.1. The van der Waals surface area contributed by atoms with Crippen LogP contribution in [0.5, 0.6) is 5.75 Å². The van der Waals surface area contributed by atoms with E-state index in [4.69, 9.17) is 4.74 Å². The van der Waals surface area contributed by atoms with E-state index in [2.05, 4.69) is 36.4 Å². The van der Waals surface area contributed by atoms with Gasteiger partial charge in [-0.15, -0.1) is 0 Å². The van der Waals surface area contributed by atoms with Gasteiger partial charge in [0.05, 0.1) is 6.61 Å². The first-order chi connectivity index (χ1) is 8.29. The molecule has 0 saturated carbocycles. The van der Waals surface area contributed by atoms with Crippen LogP contribution < -0.4 is 10.1 Å². The number of nitrogens with one attached hydrogen (secondary N) is 2. The highest BCUT2D eigenvalue weighted by atomic mass is 79.9. The molecule has 2 N–H and O–H groups in total. The number of aromatic amines is 1. The van der Waals surface area contributed by atoms with Crippen LogP contribution >= 0.6 is 15.9 Å². The molecular weight excluding hydrogens is 284 g/mol. The summed E-state index contributed by atoms with van der Waals surface area (Å²) in [6.07, 6.45) is 1.46. The van der Waals surface area contributed by atoms with E-state index in [1.54, 1.807) is 0 Å². The van der Waals surface area contributed by atoms with Crippen molar-refractivity contribution in [3.63, 3.8) is 0 Å². The van der Waals surface area contributed by atoms with E-state index in [1.165, 1.54) is 6.33 Å². The lowest BCUT2D eigenvalue weighted by Gasteiger charge is -2.11. The zero-order valence-electron chi connectivity index (χ0n) is 9.40. The standard InChI is InChI=1S/C11H13BrN4O/c1-2-17-10-4-3-9(12)5-8(10)6-13-11-14-7-15-16-11/h3-5,7H,2,6H2,1H3,(H2,13,14,15,16). The third kappa shape index (κ3) is 3.20. The maximum atomic E-state index is 5.55. The van der Waals surface area contributed by atoms with E-state index in [-0.39, 0.29) is 0 Å². The Hall–Kier alpha value is -1.56. The van der Waals surface area contributed by atoms with Gasteiger partial charge in [0.25, 0.3) is 0 Å². The van der Waals surface area contributed by atoms with Gasteiger partial charge in [0.2, 0.25) is 5.95 Å². The van der Waals surface area contributed by atoms with E-state index >= 15 is 0 Å². The number of aromatic nitrogens is 3. The Balaban J connectivity index is 2.10. The molecule has 0 fully saturated rings. The van der Waals surface area contributed by atoms with Crippen LogP contribution in [0.2, 0.25) is 0 Å². The number of hydrogen-bond acceptors (Lipinski definition) is 4. The Bertz CT molecular complexity index is 472. The third-order valence-electron chi connectivity index (χ3n) is 2.18. The molecule has 1 aromatic carbocycles. The monoisotopic (exact) mass is 296 g/mol. The molecule has 17 heavy (non-hydrogen) atoms. The second-order valence-electron chi connectivity index (χ2n) is 3.37. The predicted molar refractivity (Wildman–Crippen MR) is 69.0 cm³/mol. The van der Waals surface area contributed by atoms with Crippen molar-refractivity contribution >= 4 is 21.9 Å². The number of benzene rings is 1. The zero-order valence-corrected chi connectivity index (χ0v) is 11.0. The van der Waals surface area contributed by atoms with Crippen LogP contribution in [0.4, 0.5) is 5.95 Å². The Morgan fingerprint density at radius 1 is 1.47 bits per heavy atom. The van der Waals surface area contributed by atoms with Crippen LogP contribution in [0.3, 0.4) is 0 Å². The summed E-state index contributed by atoms with van der Waals surface area (Å²) in [5.41, 5.74) is 1.07. The topological polar surface area (TPSA) is 62.8 Å². The van der Waals surface area contributed by atoms with E-state index in [1.807, 2.05) is 25.1 Å². The number of rotatable bonds is 5. The molecule has 1 aromatic heterocycles. The lowest BCUT2D eigenvalue weighted by molar-refractivity contribution is 0.337. The Labute approximate surface area is 108 Å². The van der Waals surface area contributed by atoms with Crippen LogP contribution in [-0.4, -0.2) is 21.8 Å². The molecular formula is C11H13BrN4O. The van der Waals surface area contributed by atoms with Crippen LogP contribution in [0.25, 0.3) is 0 Å². The normalized spacial score (nSPS) is 10.2. The van der Waals surface area contributed by atoms with Gasteiger partial charge in [0, 0.05) is 16.6 Å². The molecule has 0 spiro atoms. The SMILES string of the molecule is CCOc1ccc(Br)cc1CNc1ncn[nH]1. The Morgan fingerprint density at radius 2 is 2.35 bits per heavy atom.